The first-order valence-electron chi connectivity index (χ1n) is 12.5. The number of ether oxygens (including phenoxy) is 2. The molecule has 1 atom stereocenters. The number of nitrogens with one attached hydrogen (secondary N) is 2. The molecule has 1 aliphatic heterocycles. The van der Waals surface area contributed by atoms with Crippen LogP contribution in [0, 0.1) is 19.3 Å². The van der Waals surface area contributed by atoms with Crippen LogP contribution >= 0.6 is 11.6 Å². The van der Waals surface area contributed by atoms with E-state index in [4.69, 9.17) is 32.2 Å². The van der Waals surface area contributed by atoms with Gasteiger partial charge in [-0.3, -0.25) is 15.2 Å². The van der Waals surface area contributed by atoms with Gasteiger partial charge in [-0.25, -0.2) is 9.97 Å². The number of benzene rings is 1. The Labute approximate surface area is 232 Å². The zero-order valence-electron chi connectivity index (χ0n) is 22.3. The third kappa shape index (κ3) is 6.12. The fraction of sp³-hybridized carbons (Fsp3) is 0.321. The highest BCUT2D eigenvalue weighted by Crippen LogP contribution is 2.31. The maximum atomic E-state index is 12.1. The highest BCUT2D eigenvalue weighted by molar-refractivity contribution is 6.32. The molecule has 1 fully saturated rings. The molecule has 11 heteroatoms. The molecule has 3 heterocycles. The molecule has 0 spiro atoms. The quantitative estimate of drug-likeness (QED) is 0.265. The van der Waals surface area contributed by atoms with Crippen LogP contribution in [-0.4, -0.2) is 57.7 Å². The van der Waals surface area contributed by atoms with Crippen LogP contribution in [0.15, 0.2) is 43.4 Å². The minimum atomic E-state index is -0.110. The maximum absolute atomic E-state index is 12.1. The van der Waals surface area contributed by atoms with Crippen molar-refractivity contribution < 1.29 is 14.3 Å². The molecule has 1 amide bonds. The normalized spacial score (nSPS) is 15.0. The summed E-state index contributed by atoms with van der Waals surface area (Å²) in [4.78, 5) is 26.8. The van der Waals surface area contributed by atoms with Crippen molar-refractivity contribution in [2.24, 2.45) is 0 Å². The molecule has 0 aliphatic carbocycles. The van der Waals surface area contributed by atoms with Gasteiger partial charge in [0.15, 0.2) is 0 Å². The first-order valence-corrected chi connectivity index (χ1v) is 12.9. The second-order valence-corrected chi connectivity index (χ2v) is 9.72. The average Bonchev–Trinajstić information content (AvgIpc) is 2.93. The number of likely N-dealkylation sites (tertiary alicyclic amines) is 1. The number of nitrogen functional groups attached to an aromatic ring is 1. The number of nitrogens with zero attached hydrogens (tertiary/aromatic N) is 4. The molecule has 1 aliphatic rings. The summed E-state index contributed by atoms with van der Waals surface area (Å²) in [6.07, 6.45) is 6.10. The molecule has 0 bridgehead atoms. The molecule has 1 aromatic carbocycles. The van der Waals surface area contributed by atoms with Crippen molar-refractivity contribution in [3.8, 4) is 11.5 Å². The number of carbonyl (C=O) groups excluding carboxylic acids is 1. The number of carbonyl (C=O) groups is 1. The third-order valence-electron chi connectivity index (χ3n) is 6.71. The number of nitrogens with two attached hydrogens (primary N) is 1. The molecule has 10 nitrogen and oxygen atoms in total. The number of anilines is 2. The summed E-state index contributed by atoms with van der Waals surface area (Å²) in [6.45, 7) is 8.83. The van der Waals surface area contributed by atoms with Crippen LogP contribution in [0.25, 0.3) is 0 Å². The number of rotatable bonds is 9. The Kier molecular flexibility index (Phi) is 8.65. The van der Waals surface area contributed by atoms with Gasteiger partial charge < -0.3 is 25.4 Å². The minimum Gasteiger partial charge on any atom is -0.496 e. The number of halogens is 1. The molecule has 3 aromatic rings. The van der Waals surface area contributed by atoms with E-state index in [2.05, 4.69) is 26.8 Å². The Morgan fingerprint density at radius 1 is 1.33 bits per heavy atom. The number of piperidine rings is 1. The van der Waals surface area contributed by atoms with Crippen molar-refractivity contribution in [3.05, 3.63) is 76.3 Å². The maximum Gasteiger partial charge on any atom is 0.246 e. The van der Waals surface area contributed by atoms with Crippen LogP contribution in [0.4, 0.5) is 11.6 Å². The molecular formula is C28H32ClN7O3. The Morgan fingerprint density at radius 3 is 2.85 bits per heavy atom. The molecule has 0 radical (unpaired) electrons. The van der Waals surface area contributed by atoms with Gasteiger partial charge in [0.2, 0.25) is 5.91 Å². The van der Waals surface area contributed by atoms with E-state index in [9.17, 15) is 4.79 Å². The van der Waals surface area contributed by atoms with Crippen LogP contribution in [0.2, 0.25) is 5.02 Å². The largest absolute Gasteiger partial charge is 0.496 e. The summed E-state index contributed by atoms with van der Waals surface area (Å²) in [5.41, 5.74) is 9.80. The molecule has 4 N–H and O–H groups in total. The van der Waals surface area contributed by atoms with Crippen molar-refractivity contribution in [1.82, 2.24) is 19.9 Å². The Morgan fingerprint density at radius 2 is 2.13 bits per heavy atom. The molecule has 2 aromatic heterocycles. The van der Waals surface area contributed by atoms with Crippen LogP contribution in [0.1, 0.15) is 40.8 Å². The van der Waals surface area contributed by atoms with Gasteiger partial charge in [0.05, 0.1) is 29.1 Å². The van der Waals surface area contributed by atoms with E-state index < -0.39 is 0 Å². The fourth-order valence-corrected chi connectivity index (χ4v) is 4.89. The van der Waals surface area contributed by atoms with Gasteiger partial charge in [-0.1, -0.05) is 18.2 Å². The van der Waals surface area contributed by atoms with E-state index in [-0.39, 0.29) is 30.1 Å². The van der Waals surface area contributed by atoms with Crippen molar-refractivity contribution in [2.75, 3.05) is 31.2 Å². The first-order chi connectivity index (χ1) is 18.7. The fourth-order valence-electron chi connectivity index (χ4n) is 4.65. The van der Waals surface area contributed by atoms with Crippen LogP contribution in [0.5, 0.6) is 11.5 Å². The number of hydrogen-bond donors (Lipinski definition) is 3. The molecule has 1 saturated heterocycles. The summed E-state index contributed by atoms with van der Waals surface area (Å²) in [7, 11) is 1.63. The summed E-state index contributed by atoms with van der Waals surface area (Å²) < 4.78 is 11.4. The van der Waals surface area contributed by atoms with Gasteiger partial charge in [-0.05, 0) is 51.0 Å². The van der Waals surface area contributed by atoms with Gasteiger partial charge in [-0.2, -0.15) is 0 Å². The van der Waals surface area contributed by atoms with Crippen molar-refractivity contribution in [3.63, 3.8) is 0 Å². The van der Waals surface area contributed by atoms with Crippen LogP contribution in [0.3, 0.4) is 0 Å². The van der Waals surface area contributed by atoms with Gasteiger partial charge >= 0.3 is 0 Å². The zero-order chi connectivity index (χ0) is 28.1. The lowest BCUT2D eigenvalue weighted by Gasteiger charge is -2.33. The van der Waals surface area contributed by atoms with Crippen molar-refractivity contribution in [1.29, 1.82) is 5.41 Å². The van der Waals surface area contributed by atoms with E-state index in [1.165, 1.54) is 12.4 Å². The van der Waals surface area contributed by atoms with Gasteiger partial charge in [0, 0.05) is 42.0 Å². The Hall–Kier alpha value is -4.18. The molecule has 1 unspecified atom stereocenters. The summed E-state index contributed by atoms with van der Waals surface area (Å²) >= 11 is 6.55. The van der Waals surface area contributed by atoms with E-state index in [0.29, 0.717) is 40.8 Å². The number of amides is 1. The second-order valence-electron chi connectivity index (χ2n) is 9.31. The SMILES string of the molecule is C=CC(=O)N1CCCC(Nc2ncnc(N)c2C(=N)c2ccc(OCc3ncc(C)c(OC)c3C)c(Cl)c2)C1. The van der Waals surface area contributed by atoms with E-state index >= 15 is 0 Å². The Balaban J connectivity index is 1.52. The summed E-state index contributed by atoms with van der Waals surface area (Å²) in [6, 6.07) is 5.04. The topological polar surface area (TPSA) is 139 Å². The first kappa shape index (κ1) is 27.8. The molecular weight excluding hydrogens is 518 g/mol. The van der Waals surface area contributed by atoms with E-state index in [1.54, 1.807) is 36.4 Å². The highest BCUT2D eigenvalue weighted by atomic mass is 35.5. The van der Waals surface area contributed by atoms with Gasteiger partial charge in [0.25, 0.3) is 0 Å². The third-order valence-corrected chi connectivity index (χ3v) is 7.01. The summed E-state index contributed by atoms with van der Waals surface area (Å²) in [5.74, 6) is 1.72. The highest BCUT2D eigenvalue weighted by Gasteiger charge is 2.25. The van der Waals surface area contributed by atoms with Gasteiger partial charge in [0.1, 0.15) is 36.1 Å². The predicted octanol–water partition coefficient (Wildman–Crippen LogP) is 4.32. The standard InChI is InChI=1S/C28H32ClN7O3/c1-5-23(37)36-10-6-7-19(13-36)35-28-24(27(31)33-15-34-28)25(30)18-8-9-22(20(29)11-18)39-14-21-17(3)26(38-4)16(2)12-32-21/h5,8-9,11-12,15,19,30H,1,6-7,10,13-14H2,2-4H3,(H3,31,33,34,35). The molecule has 39 heavy (non-hydrogen) atoms. The van der Waals surface area contributed by atoms with E-state index in [0.717, 1.165) is 35.4 Å². The lowest BCUT2D eigenvalue weighted by molar-refractivity contribution is -0.127. The van der Waals surface area contributed by atoms with E-state index in [1.807, 2.05) is 13.8 Å². The predicted molar refractivity (Wildman–Crippen MR) is 152 cm³/mol. The number of aryl methyl sites for hydroxylation is 1. The number of aromatic nitrogens is 3. The average molecular weight is 550 g/mol. The van der Waals surface area contributed by atoms with Crippen molar-refractivity contribution >= 4 is 34.9 Å². The summed E-state index contributed by atoms with van der Waals surface area (Å²) in [5, 5.41) is 12.6. The monoisotopic (exact) mass is 549 g/mol. The van der Waals surface area contributed by atoms with Crippen molar-refractivity contribution in [2.45, 2.75) is 39.3 Å². The molecule has 204 valence electrons. The lowest BCUT2D eigenvalue weighted by Crippen LogP contribution is -2.44. The lowest BCUT2D eigenvalue weighted by atomic mass is 10.0. The number of hydrogen-bond acceptors (Lipinski definition) is 9. The molecule has 4 rings (SSSR count). The van der Waals surface area contributed by atoms with Crippen LogP contribution in [-0.2, 0) is 11.4 Å². The molecule has 0 saturated carbocycles. The second kappa shape index (κ2) is 12.1. The zero-order valence-corrected chi connectivity index (χ0v) is 23.0. The Bertz CT molecular complexity index is 1410. The number of pyridine rings is 1. The number of methoxy groups -OCH3 is 1. The van der Waals surface area contributed by atoms with Gasteiger partial charge in [-0.15, -0.1) is 0 Å². The minimum absolute atomic E-state index is 0.0553. The van der Waals surface area contributed by atoms with Crippen LogP contribution < -0.4 is 20.5 Å². The smallest absolute Gasteiger partial charge is 0.246 e.